The third-order valence-corrected chi connectivity index (χ3v) is 6.81. The predicted octanol–water partition coefficient (Wildman–Crippen LogP) is 4.34. The molecule has 0 spiro atoms. The van der Waals surface area contributed by atoms with Crippen LogP contribution in [0.5, 0.6) is 11.8 Å². The number of para-hydroxylation sites is 1. The first-order valence-electron chi connectivity index (χ1n) is 9.92. The van der Waals surface area contributed by atoms with E-state index in [1.165, 1.54) is 4.88 Å². The maximum atomic E-state index is 5.92. The Morgan fingerprint density at radius 3 is 2.55 bits per heavy atom. The number of aromatic nitrogens is 4. The minimum Gasteiger partial charge on any atom is -0.424 e. The fourth-order valence-corrected chi connectivity index (χ4v) is 4.78. The first-order valence-corrected chi connectivity index (χ1v) is 11.6. The third-order valence-electron chi connectivity index (χ3n) is 4.83. The van der Waals surface area contributed by atoms with Crippen LogP contribution in [-0.4, -0.2) is 58.1 Å². The zero-order chi connectivity index (χ0) is 21.0. The lowest BCUT2D eigenvalue weighted by Crippen LogP contribution is -2.45. The van der Waals surface area contributed by atoms with Gasteiger partial charge in [-0.05, 0) is 30.6 Å². The van der Waals surface area contributed by atoms with Crippen LogP contribution in [0.1, 0.15) is 0 Å². The molecule has 0 atom stereocenters. The largest absolute Gasteiger partial charge is 0.424 e. The molecule has 4 heterocycles. The SMILES string of the molecule is CN1CCN(c2nc(Nc3ncc(-c4cccs4)s3)nc(Oc3ccccc3)n2)CC1. The van der Waals surface area contributed by atoms with E-state index in [0.717, 1.165) is 36.2 Å². The average molecular weight is 452 g/mol. The molecule has 1 aliphatic heterocycles. The molecule has 0 radical (unpaired) electrons. The number of ether oxygens (including phenoxy) is 1. The molecular weight excluding hydrogens is 430 g/mol. The summed E-state index contributed by atoms with van der Waals surface area (Å²) in [6.45, 7) is 3.62. The number of likely N-dealkylation sites (N-methyl/N-ethyl adjacent to an activating group) is 1. The molecule has 1 saturated heterocycles. The molecule has 5 rings (SSSR count). The lowest BCUT2D eigenvalue weighted by atomic mass is 10.3. The molecule has 3 aromatic heterocycles. The van der Waals surface area contributed by atoms with Gasteiger partial charge in [-0.15, -0.1) is 11.3 Å². The molecule has 0 bridgehead atoms. The van der Waals surface area contributed by atoms with Gasteiger partial charge in [0, 0.05) is 37.3 Å². The minimum absolute atomic E-state index is 0.257. The van der Waals surface area contributed by atoms with Crippen LogP contribution in [0.4, 0.5) is 17.0 Å². The van der Waals surface area contributed by atoms with Gasteiger partial charge in [-0.3, -0.25) is 5.32 Å². The molecule has 1 aliphatic rings. The van der Waals surface area contributed by atoms with Gasteiger partial charge in [0.15, 0.2) is 5.13 Å². The highest BCUT2D eigenvalue weighted by molar-refractivity contribution is 7.23. The number of nitrogens with zero attached hydrogens (tertiary/aromatic N) is 6. The van der Waals surface area contributed by atoms with E-state index in [-0.39, 0.29) is 6.01 Å². The standard InChI is InChI=1S/C21H21N7OS2/c1-27-9-11-28(12-10-27)19-23-18(24-20(26-19)29-15-6-3-2-4-7-15)25-21-22-14-17(31-21)16-8-5-13-30-16/h2-8,13-14H,9-12H2,1H3,(H,22,23,24,25,26). The quantitative estimate of drug-likeness (QED) is 0.464. The van der Waals surface area contributed by atoms with Crippen molar-refractivity contribution in [3.63, 3.8) is 0 Å². The molecule has 0 aliphatic carbocycles. The molecule has 158 valence electrons. The Morgan fingerprint density at radius 1 is 0.935 bits per heavy atom. The van der Waals surface area contributed by atoms with Crippen LogP contribution in [0.25, 0.3) is 9.75 Å². The molecule has 0 unspecified atom stereocenters. The van der Waals surface area contributed by atoms with Gasteiger partial charge < -0.3 is 14.5 Å². The van der Waals surface area contributed by atoms with E-state index in [1.54, 1.807) is 22.7 Å². The summed E-state index contributed by atoms with van der Waals surface area (Å²) in [5.41, 5.74) is 0. The van der Waals surface area contributed by atoms with Crippen molar-refractivity contribution in [2.75, 3.05) is 43.4 Å². The van der Waals surface area contributed by atoms with Crippen LogP contribution in [0.3, 0.4) is 0 Å². The number of benzene rings is 1. The van der Waals surface area contributed by atoms with Gasteiger partial charge in [0.05, 0.1) is 4.88 Å². The zero-order valence-electron chi connectivity index (χ0n) is 16.9. The van der Waals surface area contributed by atoms with Gasteiger partial charge >= 0.3 is 6.01 Å². The van der Waals surface area contributed by atoms with Crippen LogP contribution in [0.2, 0.25) is 0 Å². The number of hydrogen-bond donors (Lipinski definition) is 1. The highest BCUT2D eigenvalue weighted by Gasteiger charge is 2.20. The first kappa shape index (κ1) is 19.9. The van der Waals surface area contributed by atoms with Crippen LogP contribution in [0.15, 0.2) is 54.0 Å². The lowest BCUT2D eigenvalue weighted by Gasteiger charge is -2.32. The Morgan fingerprint density at radius 2 is 1.77 bits per heavy atom. The Balaban J connectivity index is 1.42. The summed E-state index contributed by atoms with van der Waals surface area (Å²) < 4.78 is 5.92. The monoisotopic (exact) mass is 451 g/mol. The van der Waals surface area contributed by atoms with Crippen molar-refractivity contribution in [3.05, 3.63) is 54.0 Å². The number of thiazole rings is 1. The fraction of sp³-hybridized carbons (Fsp3) is 0.238. The van der Waals surface area contributed by atoms with Gasteiger partial charge in [0.1, 0.15) is 5.75 Å². The summed E-state index contributed by atoms with van der Waals surface area (Å²) in [5.74, 6) is 1.70. The first-order chi connectivity index (χ1) is 15.2. The Bertz CT molecular complexity index is 1130. The normalized spacial score (nSPS) is 14.5. The van der Waals surface area contributed by atoms with E-state index in [0.29, 0.717) is 17.6 Å². The third kappa shape index (κ3) is 4.82. The lowest BCUT2D eigenvalue weighted by molar-refractivity contribution is 0.310. The number of thiophene rings is 1. The molecule has 10 heteroatoms. The fourth-order valence-electron chi connectivity index (χ4n) is 3.15. The molecule has 4 aromatic rings. The number of nitrogens with one attached hydrogen (secondary N) is 1. The van der Waals surface area contributed by atoms with E-state index in [9.17, 15) is 0 Å². The van der Waals surface area contributed by atoms with Crippen molar-refractivity contribution in [1.29, 1.82) is 0 Å². The van der Waals surface area contributed by atoms with Crippen molar-refractivity contribution in [3.8, 4) is 21.5 Å². The Labute approximate surface area is 188 Å². The molecule has 8 nitrogen and oxygen atoms in total. The van der Waals surface area contributed by atoms with Crippen molar-refractivity contribution in [2.45, 2.75) is 0 Å². The number of rotatable bonds is 6. The van der Waals surface area contributed by atoms with Gasteiger partial charge in [0.25, 0.3) is 0 Å². The Hall–Kier alpha value is -3.08. The molecular formula is C21H21N7OS2. The van der Waals surface area contributed by atoms with Crippen molar-refractivity contribution < 1.29 is 4.74 Å². The van der Waals surface area contributed by atoms with Gasteiger partial charge in [-0.2, -0.15) is 15.0 Å². The molecule has 0 saturated carbocycles. The van der Waals surface area contributed by atoms with E-state index < -0.39 is 0 Å². The van der Waals surface area contributed by atoms with E-state index >= 15 is 0 Å². The number of hydrogen-bond acceptors (Lipinski definition) is 10. The van der Waals surface area contributed by atoms with Crippen LogP contribution in [-0.2, 0) is 0 Å². The molecule has 1 aromatic carbocycles. The van der Waals surface area contributed by atoms with E-state index in [2.05, 4.69) is 53.5 Å². The maximum Gasteiger partial charge on any atom is 0.328 e. The average Bonchev–Trinajstić information content (AvgIpc) is 3.47. The van der Waals surface area contributed by atoms with Gasteiger partial charge in [-0.25, -0.2) is 4.98 Å². The minimum atomic E-state index is 0.257. The molecule has 0 amide bonds. The Kier molecular flexibility index (Phi) is 5.74. The molecule has 1 N–H and O–H groups in total. The zero-order valence-corrected chi connectivity index (χ0v) is 18.6. The number of anilines is 3. The molecule has 31 heavy (non-hydrogen) atoms. The summed E-state index contributed by atoms with van der Waals surface area (Å²) in [7, 11) is 2.12. The van der Waals surface area contributed by atoms with Crippen molar-refractivity contribution >= 4 is 39.7 Å². The van der Waals surface area contributed by atoms with Gasteiger partial charge in [-0.1, -0.05) is 35.6 Å². The second-order valence-electron chi connectivity index (χ2n) is 7.08. The topological polar surface area (TPSA) is 79.3 Å². The highest BCUT2D eigenvalue weighted by Crippen LogP contribution is 2.33. The molecule has 1 fully saturated rings. The second-order valence-corrected chi connectivity index (χ2v) is 9.06. The summed E-state index contributed by atoms with van der Waals surface area (Å²) >= 11 is 3.26. The summed E-state index contributed by atoms with van der Waals surface area (Å²) in [6.07, 6.45) is 1.86. The maximum absolute atomic E-state index is 5.92. The van der Waals surface area contributed by atoms with Crippen LogP contribution >= 0.6 is 22.7 Å². The van der Waals surface area contributed by atoms with Gasteiger partial charge in [0.2, 0.25) is 11.9 Å². The van der Waals surface area contributed by atoms with Crippen LogP contribution < -0.4 is 15.0 Å². The predicted molar refractivity (Wildman–Crippen MR) is 125 cm³/mol. The smallest absolute Gasteiger partial charge is 0.328 e. The number of piperazine rings is 1. The van der Waals surface area contributed by atoms with Crippen molar-refractivity contribution in [2.24, 2.45) is 0 Å². The van der Waals surface area contributed by atoms with E-state index in [1.807, 2.05) is 42.6 Å². The summed E-state index contributed by atoms with van der Waals surface area (Å²) in [5, 5.41) is 6.02. The van der Waals surface area contributed by atoms with E-state index in [4.69, 9.17) is 4.74 Å². The highest BCUT2D eigenvalue weighted by atomic mass is 32.1. The summed E-state index contributed by atoms with van der Waals surface area (Å²) in [4.78, 5) is 24.9. The summed E-state index contributed by atoms with van der Waals surface area (Å²) in [6, 6.07) is 13.9. The second kappa shape index (κ2) is 8.96. The van der Waals surface area contributed by atoms with Crippen molar-refractivity contribution in [1.82, 2.24) is 24.8 Å². The van der Waals surface area contributed by atoms with Crippen LogP contribution in [0, 0.1) is 0 Å².